The average Bonchev–Trinajstić information content (AvgIpc) is 2.04. The predicted octanol–water partition coefficient (Wildman–Crippen LogP) is 2.59. The predicted molar refractivity (Wildman–Crippen MR) is 40.2 cm³/mol. The molecule has 8 heteroatoms. The van der Waals surface area contributed by atoms with Crippen molar-refractivity contribution in [3.63, 3.8) is 0 Å². The lowest BCUT2D eigenvalue weighted by Crippen LogP contribution is -2.18. The minimum atomic E-state index is -5.04. The molecule has 1 heterocycles. The lowest BCUT2D eigenvalue weighted by Gasteiger charge is -2.10. The molecule has 0 bridgehead atoms. The van der Waals surface area contributed by atoms with Crippen molar-refractivity contribution in [2.45, 2.75) is 6.36 Å². The van der Waals surface area contributed by atoms with Gasteiger partial charge in [-0.3, -0.25) is 0 Å². The molecule has 0 radical (unpaired) electrons. The minimum Gasteiger partial charge on any atom is -0.505 e. The summed E-state index contributed by atoms with van der Waals surface area (Å²) >= 11 is 2.53. The van der Waals surface area contributed by atoms with Crippen molar-refractivity contribution < 1.29 is 27.4 Å². The molecule has 1 aromatic rings. The third kappa shape index (κ3) is 2.47. The van der Waals surface area contributed by atoms with Gasteiger partial charge in [-0.25, -0.2) is 4.98 Å². The molecule has 14 heavy (non-hydrogen) atoms. The molecule has 0 fully saturated rings. The Hall–Kier alpha value is -1.05. The molecular formula is C6H2BrF4NO2. The zero-order valence-electron chi connectivity index (χ0n) is 6.27. The first-order valence-corrected chi connectivity index (χ1v) is 3.89. The van der Waals surface area contributed by atoms with Crippen LogP contribution in [0.2, 0.25) is 0 Å². The first-order chi connectivity index (χ1) is 6.31. The maximum atomic E-state index is 12.7. The Morgan fingerprint density at radius 3 is 2.50 bits per heavy atom. The molecular weight excluding hydrogens is 274 g/mol. The summed E-state index contributed by atoms with van der Waals surface area (Å²) in [5.41, 5.74) is 0. The fraction of sp³-hybridized carbons (Fsp3) is 0.167. The van der Waals surface area contributed by atoms with Gasteiger partial charge in [0.2, 0.25) is 5.75 Å². The van der Waals surface area contributed by atoms with Gasteiger partial charge in [0.25, 0.3) is 5.95 Å². The highest BCUT2D eigenvalue weighted by molar-refractivity contribution is 9.10. The summed E-state index contributed by atoms with van der Waals surface area (Å²) in [7, 11) is 0. The van der Waals surface area contributed by atoms with Gasteiger partial charge < -0.3 is 9.84 Å². The van der Waals surface area contributed by atoms with Crippen molar-refractivity contribution in [2.75, 3.05) is 0 Å². The van der Waals surface area contributed by atoms with Gasteiger partial charge in [0.15, 0.2) is 5.75 Å². The number of ether oxygens (including phenoxy) is 1. The number of rotatable bonds is 1. The van der Waals surface area contributed by atoms with Crippen molar-refractivity contribution in [3.05, 3.63) is 16.6 Å². The smallest absolute Gasteiger partial charge is 0.505 e. The summed E-state index contributed by atoms with van der Waals surface area (Å²) in [5.74, 6) is -3.31. The fourth-order valence-corrected chi connectivity index (χ4v) is 0.990. The Bertz CT molecular complexity index is 354. The third-order valence-electron chi connectivity index (χ3n) is 1.13. The lowest BCUT2D eigenvalue weighted by molar-refractivity contribution is -0.276. The van der Waals surface area contributed by atoms with Crippen molar-refractivity contribution in [1.82, 2.24) is 4.98 Å². The van der Waals surface area contributed by atoms with Gasteiger partial charge in [0.05, 0.1) is 6.20 Å². The number of aromatic hydroxyl groups is 1. The van der Waals surface area contributed by atoms with E-state index in [0.717, 1.165) is 0 Å². The number of halogens is 5. The summed E-state index contributed by atoms with van der Waals surface area (Å²) < 4.78 is 50.6. The average molecular weight is 276 g/mol. The molecule has 0 unspecified atom stereocenters. The van der Waals surface area contributed by atoms with Crippen LogP contribution in [0.5, 0.6) is 11.5 Å². The molecule has 0 aromatic carbocycles. The lowest BCUT2D eigenvalue weighted by atomic mass is 10.4. The molecule has 1 N–H and O–H groups in total. The van der Waals surface area contributed by atoms with Crippen molar-refractivity contribution in [2.24, 2.45) is 0 Å². The van der Waals surface area contributed by atoms with Crippen LogP contribution in [0.4, 0.5) is 17.6 Å². The van der Waals surface area contributed by atoms with Gasteiger partial charge in [0, 0.05) is 0 Å². The second-order valence-corrected chi connectivity index (χ2v) is 2.92. The molecule has 1 rings (SSSR count). The standard InChI is InChI=1S/C6H2BrF4NO2/c7-3-2(13)1-12-5(8)4(3)14-6(9,10)11/h1,13H. The van der Waals surface area contributed by atoms with E-state index in [4.69, 9.17) is 5.11 Å². The van der Waals surface area contributed by atoms with Crippen molar-refractivity contribution in [1.29, 1.82) is 0 Å². The fourth-order valence-electron chi connectivity index (χ4n) is 0.643. The molecule has 3 nitrogen and oxygen atoms in total. The van der Waals surface area contributed by atoms with E-state index in [1.54, 1.807) is 0 Å². The second-order valence-electron chi connectivity index (χ2n) is 2.13. The monoisotopic (exact) mass is 275 g/mol. The van der Waals surface area contributed by atoms with Crippen LogP contribution in [0.3, 0.4) is 0 Å². The van der Waals surface area contributed by atoms with E-state index in [1.165, 1.54) is 0 Å². The van der Waals surface area contributed by atoms with Crippen molar-refractivity contribution >= 4 is 15.9 Å². The van der Waals surface area contributed by atoms with E-state index >= 15 is 0 Å². The highest BCUT2D eigenvalue weighted by atomic mass is 79.9. The number of hydrogen-bond donors (Lipinski definition) is 1. The largest absolute Gasteiger partial charge is 0.573 e. The maximum absolute atomic E-state index is 12.7. The van der Waals surface area contributed by atoms with E-state index in [1.807, 2.05) is 0 Å². The first kappa shape index (κ1) is 11.0. The zero-order valence-corrected chi connectivity index (χ0v) is 7.86. The van der Waals surface area contributed by atoms with Crippen LogP contribution in [-0.4, -0.2) is 16.5 Å². The first-order valence-electron chi connectivity index (χ1n) is 3.10. The molecule has 0 spiro atoms. The van der Waals surface area contributed by atoms with Gasteiger partial charge >= 0.3 is 6.36 Å². The van der Waals surface area contributed by atoms with Gasteiger partial charge in [-0.1, -0.05) is 0 Å². The summed E-state index contributed by atoms with van der Waals surface area (Å²) in [6, 6.07) is 0. The van der Waals surface area contributed by atoms with Crippen LogP contribution in [0.15, 0.2) is 10.7 Å². The molecule has 0 saturated heterocycles. The molecule has 0 atom stereocenters. The number of aromatic nitrogens is 1. The van der Waals surface area contributed by atoms with E-state index in [9.17, 15) is 17.6 Å². The number of pyridine rings is 1. The van der Waals surface area contributed by atoms with E-state index in [2.05, 4.69) is 25.7 Å². The summed E-state index contributed by atoms with van der Waals surface area (Å²) in [4.78, 5) is 2.85. The topological polar surface area (TPSA) is 42.4 Å². The molecule has 1 aromatic heterocycles. The number of hydrogen-bond acceptors (Lipinski definition) is 3. The third-order valence-corrected chi connectivity index (χ3v) is 1.90. The Labute approximate surface area is 83.5 Å². The molecule has 0 aliphatic rings. The van der Waals surface area contributed by atoms with Crippen LogP contribution < -0.4 is 4.74 Å². The SMILES string of the molecule is Oc1cnc(F)c(OC(F)(F)F)c1Br. The zero-order chi connectivity index (χ0) is 10.9. The van der Waals surface area contributed by atoms with Crippen LogP contribution in [0.1, 0.15) is 0 Å². The Kier molecular flexibility index (Phi) is 2.84. The van der Waals surface area contributed by atoms with Crippen molar-refractivity contribution in [3.8, 4) is 11.5 Å². The number of alkyl halides is 3. The van der Waals surface area contributed by atoms with Crippen LogP contribution in [0.25, 0.3) is 0 Å². The minimum absolute atomic E-state index is 0.540. The quantitative estimate of drug-likeness (QED) is 0.633. The van der Waals surface area contributed by atoms with Crippen LogP contribution in [0, 0.1) is 5.95 Å². The molecule has 78 valence electrons. The highest BCUT2D eigenvalue weighted by Crippen LogP contribution is 2.37. The van der Waals surface area contributed by atoms with Crippen LogP contribution >= 0.6 is 15.9 Å². The Morgan fingerprint density at radius 2 is 2.00 bits per heavy atom. The van der Waals surface area contributed by atoms with Gasteiger partial charge in [-0.15, -0.1) is 13.2 Å². The molecule has 0 saturated carbocycles. The normalized spacial score (nSPS) is 11.5. The van der Waals surface area contributed by atoms with E-state index in [-0.39, 0.29) is 0 Å². The Morgan fingerprint density at radius 1 is 1.43 bits per heavy atom. The maximum Gasteiger partial charge on any atom is 0.573 e. The molecule has 0 aliphatic carbocycles. The Balaban J connectivity index is 3.13. The number of nitrogens with zero attached hydrogens (tertiary/aromatic N) is 1. The highest BCUT2D eigenvalue weighted by Gasteiger charge is 2.34. The summed E-state index contributed by atoms with van der Waals surface area (Å²) in [6.45, 7) is 0. The van der Waals surface area contributed by atoms with E-state index in [0.29, 0.717) is 6.20 Å². The molecule has 0 amide bonds. The van der Waals surface area contributed by atoms with Crippen LogP contribution in [-0.2, 0) is 0 Å². The second kappa shape index (κ2) is 3.60. The van der Waals surface area contributed by atoms with E-state index < -0.39 is 28.3 Å². The summed E-state index contributed by atoms with van der Waals surface area (Å²) in [5, 5.41) is 8.90. The summed E-state index contributed by atoms with van der Waals surface area (Å²) in [6.07, 6.45) is -4.39. The molecule has 0 aliphatic heterocycles. The van der Waals surface area contributed by atoms with Gasteiger partial charge in [-0.05, 0) is 15.9 Å². The van der Waals surface area contributed by atoms with Gasteiger partial charge in [-0.2, -0.15) is 4.39 Å². The van der Waals surface area contributed by atoms with Gasteiger partial charge in [0.1, 0.15) is 4.47 Å².